The normalized spacial score (nSPS) is 10.4. The number of pyridine rings is 1. The molecule has 0 unspecified atom stereocenters. The zero-order valence-electron chi connectivity index (χ0n) is 16.6. The molecule has 0 radical (unpaired) electrons. The van der Waals surface area contributed by atoms with Gasteiger partial charge < -0.3 is 24.6 Å². The number of carboxylic acids is 1. The highest BCUT2D eigenvalue weighted by Crippen LogP contribution is 2.37. The second-order valence-electron chi connectivity index (χ2n) is 6.35. The average molecular weight is 407 g/mol. The highest BCUT2D eigenvalue weighted by Gasteiger charge is 2.17. The summed E-state index contributed by atoms with van der Waals surface area (Å²) in [7, 11) is 3.15. The van der Waals surface area contributed by atoms with E-state index in [9.17, 15) is 15.2 Å². The number of methoxy groups -OCH3 is 2. The van der Waals surface area contributed by atoms with Gasteiger partial charge in [-0.1, -0.05) is 12.1 Å². The molecule has 0 aliphatic carbocycles. The van der Waals surface area contributed by atoms with Gasteiger partial charge >= 0.3 is 5.97 Å². The third-order valence-corrected chi connectivity index (χ3v) is 4.44. The Bertz CT molecular complexity index is 1110. The molecule has 0 bridgehead atoms. The molecule has 1 aromatic heterocycles. The minimum absolute atomic E-state index is 0.0939. The number of aromatic carboxylic acids is 1. The van der Waals surface area contributed by atoms with E-state index in [0.717, 1.165) is 6.42 Å². The van der Waals surface area contributed by atoms with Crippen LogP contribution >= 0.6 is 0 Å². The maximum absolute atomic E-state index is 11.6. The largest absolute Gasteiger partial charge is 0.493 e. The lowest BCUT2D eigenvalue weighted by atomic mass is 10.1. The Labute approximate surface area is 173 Å². The van der Waals surface area contributed by atoms with Crippen molar-refractivity contribution in [1.82, 2.24) is 4.98 Å². The maximum atomic E-state index is 11.6. The fraction of sp³-hybridized carbons (Fsp3) is 0.227. The van der Waals surface area contributed by atoms with Crippen LogP contribution in [0.15, 0.2) is 42.6 Å². The summed E-state index contributed by atoms with van der Waals surface area (Å²) in [6.07, 6.45) is 2.16. The highest BCUT2D eigenvalue weighted by molar-refractivity contribution is 6.01. The van der Waals surface area contributed by atoms with E-state index in [2.05, 4.69) is 16.4 Å². The molecular formula is C22H21N3O5. The smallest absolute Gasteiger partial charge is 0.337 e. The van der Waals surface area contributed by atoms with Crippen molar-refractivity contribution in [2.45, 2.75) is 6.42 Å². The Kier molecular flexibility index (Phi) is 6.67. The molecule has 0 atom stereocenters. The lowest BCUT2D eigenvalue weighted by Gasteiger charge is -2.16. The number of ether oxygens (including phenoxy) is 3. The first-order chi connectivity index (χ1) is 14.6. The van der Waals surface area contributed by atoms with Crippen molar-refractivity contribution in [2.24, 2.45) is 0 Å². The number of nitrogens with one attached hydrogen (secondary N) is 1. The summed E-state index contributed by atoms with van der Waals surface area (Å²) < 4.78 is 16.3. The topological polar surface area (TPSA) is 114 Å². The van der Waals surface area contributed by atoms with Crippen molar-refractivity contribution in [3.8, 4) is 17.6 Å². The van der Waals surface area contributed by atoms with Gasteiger partial charge in [-0.3, -0.25) is 4.98 Å². The number of nitrogens with zero attached hydrogens (tertiary/aromatic N) is 2. The van der Waals surface area contributed by atoms with E-state index in [0.29, 0.717) is 47.0 Å². The molecule has 0 saturated heterocycles. The van der Waals surface area contributed by atoms with Crippen LogP contribution in [0.25, 0.3) is 10.9 Å². The second kappa shape index (κ2) is 9.58. The number of carbonyl (C=O) groups is 1. The Hall–Kier alpha value is -3.83. The first-order valence-electron chi connectivity index (χ1n) is 9.21. The first kappa shape index (κ1) is 20.9. The fourth-order valence-electron chi connectivity index (χ4n) is 2.99. The predicted molar refractivity (Wildman–Crippen MR) is 112 cm³/mol. The number of rotatable bonds is 9. The lowest BCUT2D eigenvalue weighted by Crippen LogP contribution is -2.05. The Morgan fingerprint density at radius 1 is 1.20 bits per heavy atom. The molecule has 8 heteroatoms. The van der Waals surface area contributed by atoms with Gasteiger partial charge in [0.1, 0.15) is 6.07 Å². The van der Waals surface area contributed by atoms with Crippen LogP contribution < -0.4 is 14.8 Å². The van der Waals surface area contributed by atoms with Crippen molar-refractivity contribution >= 4 is 28.2 Å². The summed E-state index contributed by atoms with van der Waals surface area (Å²) in [5.74, 6) is -0.0686. The third kappa shape index (κ3) is 4.42. The van der Waals surface area contributed by atoms with E-state index < -0.39 is 5.97 Å². The molecule has 1 heterocycles. The van der Waals surface area contributed by atoms with Gasteiger partial charge in [-0.05, 0) is 18.2 Å². The quantitative estimate of drug-likeness (QED) is 0.512. The number of hydrogen-bond acceptors (Lipinski definition) is 7. The number of hydrogen-bond donors (Lipinski definition) is 2. The summed E-state index contributed by atoms with van der Waals surface area (Å²) in [6, 6.07) is 12.0. The van der Waals surface area contributed by atoms with Crippen LogP contribution in [0, 0.1) is 11.3 Å². The summed E-state index contributed by atoms with van der Waals surface area (Å²) >= 11 is 0. The highest BCUT2D eigenvalue weighted by atomic mass is 16.5. The van der Waals surface area contributed by atoms with Crippen molar-refractivity contribution in [3.05, 3.63) is 53.7 Å². The number of carboxylic acid groups (broad SMARTS) is 1. The minimum Gasteiger partial charge on any atom is -0.493 e. The summed E-state index contributed by atoms with van der Waals surface area (Å²) in [4.78, 5) is 15.9. The Morgan fingerprint density at radius 3 is 2.70 bits per heavy atom. The van der Waals surface area contributed by atoms with Crippen molar-refractivity contribution < 1.29 is 24.1 Å². The maximum Gasteiger partial charge on any atom is 0.337 e. The van der Waals surface area contributed by atoms with Gasteiger partial charge in [-0.2, -0.15) is 5.26 Å². The van der Waals surface area contributed by atoms with Crippen LogP contribution in [0.2, 0.25) is 0 Å². The summed E-state index contributed by atoms with van der Waals surface area (Å²) in [5.41, 5.74) is 1.76. The average Bonchev–Trinajstić information content (AvgIpc) is 2.76. The molecule has 0 amide bonds. The van der Waals surface area contributed by atoms with Gasteiger partial charge in [-0.15, -0.1) is 0 Å². The Morgan fingerprint density at radius 2 is 2.00 bits per heavy atom. The molecule has 3 rings (SSSR count). The van der Waals surface area contributed by atoms with Crippen molar-refractivity contribution in [2.75, 3.05) is 32.8 Å². The zero-order valence-corrected chi connectivity index (χ0v) is 16.6. The molecule has 0 spiro atoms. The standard InChI is InChI=1S/C22H21N3O5/c1-28-8-5-9-30-20-11-18-16(10-19(20)29-2)21(14(12-23)13-24-18)25-17-7-4-3-6-15(17)22(26)27/h3-4,6-7,10-11,13H,5,8-9H2,1-2H3,(H,24,25)(H,26,27). The number of fused-ring (bicyclic) bond motifs is 1. The molecule has 0 saturated carbocycles. The fourth-order valence-corrected chi connectivity index (χ4v) is 2.99. The molecular weight excluding hydrogens is 386 g/mol. The monoisotopic (exact) mass is 407 g/mol. The van der Waals surface area contributed by atoms with Crippen molar-refractivity contribution in [3.63, 3.8) is 0 Å². The molecule has 30 heavy (non-hydrogen) atoms. The van der Waals surface area contributed by atoms with Gasteiger partial charge in [0.05, 0.1) is 41.7 Å². The van der Waals surface area contributed by atoms with Gasteiger partial charge in [0.2, 0.25) is 0 Å². The number of para-hydroxylation sites is 1. The van der Waals surface area contributed by atoms with E-state index in [4.69, 9.17) is 14.2 Å². The Balaban J connectivity index is 2.07. The lowest BCUT2D eigenvalue weighted by molar-refractivity contribution is 0.0698. The second-order valence-corrected chi connectivity index (χ2v) is 6.35. The van der Waals surface area contributed by atoms with Crippen LogP contribution in [0.5, 0.6) is 11.5 Å². The van der Waals surface area contributed by atoms with E-state index in [1.54, 1.807) is 37.4 Å². The van der Waals surface area contributed by atoms with Crippen LogP contribution in [-0.2, 0) is 4.74 Å². The number of benzene rings is 2. The number of nitriles is 1. The molecule has 154 valence electrons. The van der Waals surface area contributed by atoms with Crippen LogP contribution in [0.3, 0.4) is 0 Å². The van der Waals surface area contributed by atoms with Crippen LogP contribution in [0.4, 0.5) is 11.4 Å². The predicted octanol–water partition coefficient (Wildman–Crippen LogP) is 3.97. The molecule has 0 aliphatic heterocycles. The molecule has 3 aromatic rings. The van der Waals surface area contributed by atoms with E-state index in [1.807, 2.05) is 0 Å². The SMILES string of the molecule is COCCCOc1cc2ncc(C#N)c(Nc3ccccc3C(=O)O)c2cc1OC. The summed E-state index contributed by atoms with van der Waals surface area (Å²) in [6.45, 7) is 1.03. The third-order valence-electron chi connectivity index (χ3n) is 4.44. The van der Waals surface area contributed by atoms with Gasteiger partial charge in [0.25, 0.3) is 0 Å². The van der Waals surface area contributed by atoms with Crippen LogP contribution in [0.1, 0.15) is 22.3 Å². The zero-order chi connectivity index (χ0) is 21.5. The molecule has 0 aliphatic rings. The van der Waals surface area contributed by atoms with Crippen LogP contribution in [-0.4, -0.2) is 43.5 Å². The van der Waals surface area contributed by atoms with Gasteiger partial charge in [-0.25, -0.2) is 4.79 Å². The van der Waals surface area contributed by atoms with Gasteiger partial charge in [0, 0.05) is 37.8 Å². The van der Waals surface area contributed by atoms with E-state index in [1.165, 1.54) is 19.4 Å². The van der Waals surface area contributed by atoms with Gasteiger partial charge in [0.15, 0.2) is 11.5 Å². The number of aromatic nitrogens is 1. The molecule has 2 N–H and O–H groups in total. The molecule has 8 nitrogen and oxygen atoms in total. The summed E-state index contributed by atoms with van der Waals surface area (Å²) in [5, 5.41) is 22.7. The first-order valence-corrected chi connectivity index (χ1v) is 9.21. The number of anilines is 2. The van der Waals surface area contributed by atoms with E-state index >= 15 is 0 Å². The molecule has 0 fully saturated rings. The minimum atomic E-state index is -1.07. The van der Waals surface area contributed by atoms with E-state index in [-0.39, 0.29) is 11.1 Å². The molecule has 2 aromatic carbocycles. The van der Waals surface area contributed by atoms with Crippen molar-refractivity contribution in [1.29, 1.82) is 5.26 Å².